The van der Waals surface area contributed by atoms with Crippen molar-refractivity contribution < 1.29 is 47.9 Å². The van der Waals surface area contributed by atoms with E-state index in [2.05, 4.69) is 28.1 Å². The average molecular weight is 344 g/mol. The molecule has 0 fully saturated rings. The molecule has 0 heterocycles. The molecule has 0 atom stereocenters. The smallest absolute Gasteiger partial charge is 1.00 e. The van der Waals surface area contributed by atoms with Gasteiger partial charge >= 0.3 is 29.6 Å². The van der Waals surface area contributed by atoms with Crippen molar-refractivity contribution in [3.8, 4) is 0 Å². The van der Waals surface area contributed by atoms with Crippen LogP contribution in [0.5, 0.6) is 0 Å². The van der Waals surface area contributed by atoms with E-state index in [4.69, 9.17) is 0 Å². The summed E-state index contributed by atoms with van der Waals surface area (Å²) in [4.78, 5) is 0. The maximum Gasteiger partial charge on any atom is 1.00 e. The molecule has 0 aliphatic rings. The van der Waals surface area contributed by atoms with Crippen LogP contribution in [0.3, 0.4) is 0 Å². The van der Waals surface area contributed by atoms with Crippen molar-refractivity contribution in [2.45, 2.75) is 96.8 Å². The molecule has 0 radical (unpaired) electrons. The van der Waals surface area contributed by atoms with Gasteiger partial charge in [-0.15, -0.1) is 0 Å². The molecule has 3 heteroatoms. The van der Waals surface area contributed by atoms with Crippen molar-refractivity contribution in [2.75, 3.05) is 27.7 Å². The Bertz CT molecular complexity index is 198. The number of unbranched alkanes of at least 4 members (excludes halogenated alkanes) is 13. The maximum atomic E-state index is 2.29. The molecule has 0 bridgehead atoms. The number of quaternary nitrogens is 1. The molecule has 0 aliphatic carbocycles. The van der Waals surface area contributed by atoms with E-state index in [-0.39, 0.29) is 43.4 Å². The molecule has 0 spiro atoms. The predicted octanol–water partition coefficient (Wildman–Crippen LogP) is 0.294. The third-order valence-corrected chi connectivity index (χ3v) is 4.18. The van der Waals surface area contributed by atoms with Crippen molar-refractivity contribution in [2.24, 2.45) is 0 Å². The molecular formula is C19H43ClNNa. The fraction of sp³-hybridized carbons (Fsp3) is 1.00. The summed E-state index contributed by atoms with van der Waals surface area (Å²) in [7, 11) is 6.88. The monoisotopic (exact) mass is 343 g/mol. The second kappa shape index (κ2) is 20.3. The largest absolute Gasteiger partial charge is 1.00 e. The molecule has 0 aromatic rings. The molecule has 0 aromatic heterocycles. The summed E-state index contributed by atoms with van der Waals surface area (Å²) in [5, 5.41) is 0. The van der Waals surface area contributed by atoms with Gasteiger partial charge in [0.25, 0.3) is 0 Å². The predicted molar refractivity (Wildman–Crippen MR) is 94.3 cm³/mol. The number of rotatable bonds is 15. The van der Waals surface area contributed by atoms with E-state index in [1.54, 1.807) is 0 Å². The van der Waals surface area contributed by atoms with Gasteiger partial charge in [-0.05, 0) is 12.8 Å². The van der Waals surface area contributed by atoms with Gasteiger partial charge in [0, 0.05) is 0 Å². The number of halogens is 1. The minimum absolute atomic E-state index is 0. The summed E-state index contributed by atoms with van der Waals surface area (Å²) < 4.78 is 1.12. The Morgan fingerprint density at radius 1 is 0.545 bits per heavy atom. The van der Waals surface area contributed by atoms with E-state index in [0.29, 0.717) is 0 Å². The number of hydrogen-bond donors (Lipinski definition) is 0. The Labute approximate surface area is 171 Å². The Hall–Kier alpha value is 1.25. The summed E-state index contributed by atoms with van der Waals surface area (Å²) >= 11 is 0. The number of hydrogen-bond acceptors (Lipinski definition) is 0. The van der Waals surface area contributed by atoms with Crippen LogP contribution in [-0.4, -0.2) is 32.2 Å². The van der Waals surface area contributed by atoms with Gasteiger partial charge in [0.2, 0.25) is 0 Å². The van der Waals surface area contributed by atoms with E-state index in [1.165, 1.54) is 96.4 Å². The SMILES string of the molecule is CCCCCCCCCCCCCCCC[N+](C)(C)C.[Cl-].[H-].[Na+]. The van der Waals surface area contributed by atoms with E-state index in [1.807, 2.05) is 0 Å². The van der Waals surface area contributed by atoms with Crippen LogP contribution in [0, 0.1) is 0 Å². The maximum absolute atomic E-state index is 2.29. The molecule has 1 nitrogen and oxygen atoms in total. The van der Waals surface area contributed by atoms with Gasteiger partial charge in [0.05, 0.1) is 27.7 Å². The summed E-state index contributed by atoms with van der Waals surface area (Å²) in [6, 6.07) is 0. The van der Waals surface area contributed by atoms with Crippen molar-refractivity contribution >= 4 is 0 Å². The quantitative estimate of drug-likeness (QED) is 0.228. The van der Waals surface area contributed by atoms with Gasteiger partial charge in [-0.2, -0.15) is 0 Å². The zero-order chi connectivity index (χ0) is 15.1. The van der Waals surface area contributed by atoms with Gasteiger partial charge in [-0.25, -0.2) is 0 Å². The van der Waals surface area contributed by atoms with Gasteiger partial charge in [-0.1, -0.05) is 84.0 Å². The fourth-order valence-electron chi connectivity index (χ4n) is 2.78. The molecular weight excluding hydrogens is 301 g/mol. The van der Waals surface area contributed by atoms with Crippen molar-refractivity contribution in [1.82, 2.24) is 0 Å². The molecule has 0 saturated carbocycles. The molecule has 0 unspecified atom stereocenters. The summed E-state index contributed by atoms with van der Waals surface area (Å²) in [5.41, 5.74) is 0. The van der Waals surface area contributed by atoms with Crippen LogP contribution < -0.4 is 42.0 Å². The minimum Gasteiger partial charge on any atom is -1.00 e. The summed E-state index contributed by atoms with van der Waals surface area (Å²) in [6.45, 7) is 3.63. The zero-order valence-electron chi connectivity index (χ0n) is 17.4. The first kappa shape index (κ1) is 28.1. The molecule has 0 rings (SSSR count). The molecule has 22 heavy (non-hydrogen) atoms. The van der Waals surface area contributed by atoms with Crippen molar-refractivity contribution in [3.63, 3.8) is 0 Å². The minimum atomic E-state index is 0. The van der Waals surface area contributed by atoms with Crippen LogP contribution in [-0.2, 0) is 0 Å². The summed E-state index contributed by atoms with van der Waals surface area (Å²) in [6.07, 6.45) is 20.4. The molecule has 0 saturated heterocycles. The third-order valence-electron chi connectivity index (χ3n) is 4.18. The second-order valence-electron chi connectivity index (χ2n) is 7.61. The second-order valence-corrected chi connectivity index (χ2v) is 7.61. The molecule has 0 aliphatic heterocycles. The van der Waals surface area contributed by atoms with Gasteiger partial charge < -0.3 is 18.3 Å². The van der Waals surface area contributed by atoms with Crippen LogP contribution >= 0.6 is 0 Å². The van der Waals surface area contributed by atoms with Crippen LogP contribution in [0.4, 0.5) is 0 Å². The van der Waals surface area contributed by atoms with Gasteiger partial charge in [0.1, 0.15) is 0 Å². The Morgan fingerprint density at radius 2 is 0.818 bits per heavy atom. The topological polar surface area (TPSA) is 0 Å². The average Bonchev–Trinajstić information content (AvgIpc) is 2.38. The normalized spacial score (nSPS) is 10.9. The fourth-order valence-corrected chi connectivity index (χ4v) is 2.78. The Balaban J connectivity index is -0.000000602. The van der Waals surface area contributed by atoms with Crippen molar-refractivity contribution in [3.05, 3.63) is 0 Å². The standard InChI is InChI=1S/C19H42N.ClH.Na.H/c1-5-6-7-8-9-10-11-12-13-14-15-16-17-18-19-20(2,3)4;;;/h5-19H2,1-4H3;1H;;/q+1;;+1;-1/p-1. The van der Waals surface area contributed by atoms with Crippen LogP contribution in [0.15, 0.2) is 0 Å². The zero-order valence-corrected chi connectivity index (χ0v) is 19.2. The van der Waals surface area contributed by atoms with E-state index in [0.717, 1.165) is 4.48 Å². The van der Waals surface area contributed by atoms with Gasteiger partial charge in [0.15, 0.2) is 0 Å². The Morgan fingerprint density at radius 3 is 1.09 bits per heavy atom. The number of nitrogens with zero attached hydrogens (tertiary/aromatic N) is 1. The first-order valence-electron chi connectivity index (χ1n) is 9.36. The van der Waals surface area contributed by atoms with Gasteiger partial charge in [-0.3, -0.25) is 0 Å². The van der Waals surface area contributed by atoms with E-state index in [9.17, 15) is 0 Å². The van der Waals surface area contributed by atoms with E-state index >= 15 is 0 Å². The molecule has 0 aromatic carbocycles. The first-order valence-corrected chi connectivity index (χ1v) is 9.36. The molecule has 0 N–H and O–H groups in total. The van der Waals surface area contributed by atoms with Crippen LogP contribution in [0.25, 0.3) is 0 Å². The van der Waals surface area contributed by atoms with Crippen LogP contribution in [0.2, 0.25) is 0 Å². The van der Waals surface area contributed by atoms with Crippen LogP contribution in [0.1, 0.15) is 98.2 Å². The summed E-state index contributed by atoms with van der Waals surface area (Å²) in [5.74, 6) is 0. The third kappa shape index (κ3) is 26.2. The Kier molecular flexibility index (Phi) is 25.9. The molecule has 0 amide bonds. The first-order chi connectivity index (χ1) is 9.56. The van der Waals surface area contributed by atoms with E-state index < -0.39 is 0 Å². The molecule has 132 valence electrons. The van der Waals surface area contributed by atoms with Crippen molar-refractivity contribution in [1.29, 1.82) is 0 Å².